The molecule has 5 heteroatoms. The molecule has 0 aliphatic carbocycles. The van der Waals surface area contributed by atoms with Gasteiger partial charge in [0.1, 0.15) is 0 Å². The molecule has 1 amide bonds. The number of aliphatic carboxylic acids is 1. The summed E-state index contributed by atoms with van der Waals surface area (Å²) in [5, 5.41) is 11.7. The van der Waals surface area contributed by atoms with Crippen LogP contribution in [0, 0.1) is 5.92 Å². The SMILES string of the molecule is CC(C)C[C@H](N)C(=O)N[C@@H](C(=O)O)c1ccccc1. The molecule has 1 aromatic rings. The highest BCUT2D eigenvalue weighted by Gasteiger charge is 2.24. The molecule has 2 atom stereocenters. The largest absolute Gasteiger partial charge is 0.479 e. The Morgan fingerprint density at radius 3 is 2.32 bits per heavy atom. The van der Waals surface area contributed by atoms with Crippen molar-refractivity contribution in [3.63, 3.8) is 0 Å². The molecule has 0 heterocycles. The van der Waals surface area contributed by atoms with Gasteiger partial charge in [0, 0.05) is 0 Å². The van der Waals surface area contributed by atoms with Gasteiger partial charge in [-0.15, -0.1) is 0 Å². The zero-order valence-electron chi connectivity index (χ0n) is 11.2. The number of nitrogens with two attached hydrogens (primary N) is 1. The predicted octanol–water partition coefficient (Wildman–Crippen LogP) is 1.30. The lowest BCUT2D eigenvalue weighted by Crippen LogP contribution is -2.44. The zero-order valence-corrected chi connectivity index (χ0v) is 11.2. The summed E-state index contributed by atoms with van der Waals surface area (Å²) in [7, 11) is 0. The Hall–Kier alpha value is -1.88. The fourth-order valence-electron chi connectivity index (χ4n) is 1.80. The van der Waals surface area contributed by atoms with Crippen LogP contribution in [0.25, 0.3) is 0 Å². The molecule has 0 aliphatic heterocycles. The Kier molecular flexibility index (Phi) is 5.51. The van der Waals surface area contributed by atoms with E-state index in [9.17, 15) is 14.7 Å². The quantitative estimate of drug-likeness (QED) is 0.722. The van der Waals surface area contributed by atoms with E-state index in [0.717, 1.165) is 0 Å². The molecule has 0 saturated heterocycles. The summed E-state index contributed by atoms with van der Waals surface area (Å²) in [6.07, 6.45) is 0.521. The van der Waals surface area contributed by atoms with Crippen molar-refractivity contribution in [2.24, 2.45) is 11.7 Å². The predicted molar refractivity (Wildman–Crippen MR) is 72.4 cm³/mol. The molecule has 0 unspecified atom stereocenters. The first-order valence-corrected chi connectivity index (χ1v) is 6.25. The Bertz CT molecular complexity index is 432. The molecule has 104 valence electrons. The van der Waals surface area contributed by atoms with Crippen molar-refractivity contribution in [2.45, 2.75) is 32.4 Å². The van der Waals surface area contributed by atoms with Crippen LogP contribution in [0.4, 0.5) is 0 Å². The van der Waals surface area contributed by atoms with Gasteiger partial charge in [0.15, 0.2) is 6.04 Å². The van der Waals surface area contributed by atoms with E-state index >= 15 is 0 Å². The highest BCUT2D eigenvalue weighted by molar-refractivity contribution is 5.87. The minimum Gasteiger partial charge on any atom is -0.479 e. The van der Waals surface area contributed by atoms with Crippen molar-refractivity contribution in [3.8, 4) is 0 Å². The van der Waals surface area contributed by atoms with Crippen LogP contribution in [0.5, 0.6) is 0 Å². The number of carboxylic acids is 1. The van der Waals surface area contributed by atoms with E-state index in [1.165, 1.54) is 0 Å². The molecule has 0 spiro atoms. The van der Waals surface area contributed by atoms with Gasteiger partial charge < -0.3 is 16.2 Å². The minimum absolute atomic E-state index is 0.278. The van der Waals surface area contributed by atoms with Crippen molar-refractivity contribution >= 4 is 11.9 Å². The van der Waals surface area contributed by atoms with Gasteiger partial charge in [-0.05, 0) is 17.9 Å². The van der Waals surface area contributed by atoms with Crippen molar-refractivity contribution in [3.05, 3.63) is 35.9 Å². The molecule has 0 fully saturated rings. The average molecular weight is 264 g/mol. The monoisotopic (exact) mass is 264 g/mol. The first-order chi connectivity index (χ1) is 8.91. The molecule has 5 nitrogen and oxygen atoms in total. The molecule has 1 aromatic carbocycles. The maximum absolute atomic E-state index is 11.9. The van der Waals surface area contributed by atoms with E-state index in [-0.39, 0.29) is 5.92 Å². The van der Waals surface area contributed by atoms with Crippen LogP contribution in [0.15, 0.2) is 30.3 Å². The number of nitrogens with one attached hydrogen (secondary N) is 1. The van der Waals surface area contributed by atoms with Crippen LogP contribution in [0.2, 0.25) is 0 Å². The van der Waals surface area contributed by atoms with E-state index in [1.54, 1.807) is 30.3 Å². The normalized spacial score (nSPS) is 13.9. The van der Waals surface area contributed by atoms with Gasteiger partial charge in [0.25, 0.3) is 0 Å². The standard InChI is InChI=1S/C14H20N2O3/c1-9(2)8-11(15)13(17)16-12(14(18)19)10-6-4-3-5-7-10/h3-7,9,11-12H,8,15H2,1-2H3,(H,16,17)(H,18,19)/t11-,12+/m0/s1. The highest BCUT2D eigenvalue weighted by Crippen LogP contribution is 2.13. The fourth-order valence-corrected chi connectivity index (χ4v) is 1.80. The smallest absolute Gasteiger partial charge is 0.330 e. The lowest BCUT2D eigenvalue weighted by molar-refractivity contribution is -0.142. The molecule has 0 bridgehead atoms. The number of hydrogen-bond donors (Lipinski definition) is 3. The molecule has 1 rings (SSSR count). The van der Waals surface area contributed by atoms with Gasteiger partial charge in [-0.1, -0.05) is 44.2 Å². The van der Waals surface area contributed by atoms with Crippen LogP contribution >= 0.6 is 0 Å². The molecule has 0 aromatic heterocycles. The van der Waals surface area contributed by atoms with Crippen LogP contribution in [0.3, 0.4) is 0 Å². The summed E-state index contributed by atoms with van der Waals surface area (Å²) in [6.45, 7) is 3.91. The van der Waals surface area contributed by atoms with Crippen LogP contribution in [-0.4, -0.2) is 23.0 Å². The first-order valence-electron chi connectivity index (χ1n) is 6.25. The Morgan fingerprint density at radius 2 is 1.84 bits per heavy atom. The van der Waals surface area contributed by atoms with Crippen molar-refractivity contribution < 1.29 is 14.7 Å². The molecule has 0 radical (unpaired) electrons. The maximum atomic E-state index is 11.9. The van der Waals surface area contributed by atoms with Gasteiger partial charge in [0.05, 0.1) is 6.04 Å². The second-order valence-corrected chi connectivity index (χ2v) is 4.93. The highest BCUT2D eigenvalue weighted by atomic mass is 16.4. The minimum atomic E-state index is -1.10. The van der Waals surface area contributed by atoms with Gasteiger partial charge in [0.2, 0.25) is 5.91 Å². The molecule has 0 saturated carbocycles. The van der Waals surface area contributed by atoms with Crippen molar-refractivity contribution in [1.82, 2.24) is 5.32 Å². The van der Waals surface area contributed by atoms with Crippen LogP contribution in [0.1, 0.15) is 31.9 Å². The molecule has 4 N–H and O–H groups in total. The second-order valence-electron chi connectivity index (χ2n) is 4.93. The average Bonchev–Trinajstić information content (AvgIpc) is 2.35. The van der Waals surface area contributed by atoms with E-state index < -0.39 is 24.0 Å². The maximum Gasteiger partial charge on any atom is 0.330 e. The Balaban J connectivity index is 2.75. The summed E-state index contributed by atoms with van der Waals surface area (Å²) in [5.74, 6) is -1.26. The van der Waals surface area contributed by atoms with Crippen LogP contribution < -0.4 is 11.1 Å². The summed E-state index contributed by atoms with van der Waals surface area (Å²) in [4.78, 5) is 23.1. The van der Waals surface area contributed by atoms with Crippen molar-refractivity contribution in [2.75, 3.05) is 0 Å². The topological polar surface area (TPSA) is 92.4 Å². The van der Waals surface area contributed by atoms with Gasteiger partial charge in [-0.2, -0.15) is 0 Å². The number of hydrogen-bond acceptors (Lipinski definition) is 3. The third-order valence-corrected chi connectivity index (χ3v) is 2.73. The van der Waals surface area contributed by atoms with E-state index in [2.05, 4.69) is 5.32 Å². The number of benzene rings is 1. The number of carbonyl (C=O) groups is 2. The summed E-state index contributed by atoms with van der Waals surface area (Å²) < 4.78 is 0. The van der Waals surface area contributed by atoms with E-state index in [4.69, 9.17) is 5.73 Å². The van der Waals surface area contributed by atoms with Crippen LogP contribution in [-0.2, 0) is 9.59 Å². The third-order valence-electron chi connectivity index (χ3n) is 2.73. The Labute approximate surface area is 112 Å². The zero-order chi connectivity index (χ0) is 14.4. The first kappa shape index (κ1) is 15.2. The molecule has 0 aliphatic rings. The Morgan fingerprint density at radius 1 is 1.26 bits per heavy atom. The molecular weight excluding hydrogens is 244 g/mol. The van der Waals surface area contributed by atoms with Gasteiger partial charge in [-0.3, -0.25) is 4.79 Å². The fraction of sp³-hybridized carbons (Fsp3) is 0.429. The molecular formula is C14H20N2O3. The van der Waals surface area contributed by atoms with Crippen molar-refractivity contribution in [1.29, 1.82) is 0 Å². The van der Waals surface area contributed by atoms with E-state index in [0.29, 0.717) is 12.0 Å². The lowest BCUT2D eigenvalue weighted by atomic mass is 10.0. The van der Waals surface area contributed by atoms with Gasteiger partial charge >= 0.3 is 5.97 Å². The number of carboxylic acid groups (broad SMARTS) is 1. The summed E-state index contributed by atoms with van der Waals surface area (Å²) in [6, 6.07) is 6.81. The lowest BCUT2D eigenvalue weighted by Gasteiger charge is -2.19. The third kappa shape index (κ3) is 4.71. The number of rotatable bonds is 6. The van der Waals surface area contributed by atoms with Gasteiger partial charge in [-0.25, -0.2) is 4.79 Å². The second kappa shape index (κ2) is 6.89. The summed E-state index contributed by atoms with van der Waals surface area (Å²) >= 11 is 0. The number of carbonyl (C=O) groups excluding carboxylic acids is 1. The number of amides is 1. The summed E-state index contributed by atoms with van der Waals surface area (Å²) in [5.41, 5.74) is 6.27. The molecule has 19 heavy (non-hydrogen) atoms. The van der Waals surface area contributed by atoms with E-state index in [1.807, 2.05) is 13.8 Å².